The number of aryl methyl sites for hydroxylation is 1. The van der Waals surface area contributed by atoms with Crippen LogP contribution in [0.1, 0.15) is 87.2 Å². The van der Waals surface area contributed by atoms with E-state index in [0.717, 1.165) is 58.9 Å². The minimum absolute atomic E-state index is 0.226. The largest absolute Gasteiger partial charge is 0.494 e. The number of aromatic amines is 1. The molecule has 4 fully saturated rings. The maximum absolute atomic E-state index is 13.1. The topological polar surface area (TPSA) is 113 Å². The summed E-state index contributed by atoms with van der Waals surface area (Å²) in [6, 6.07) is 9.78. The molecular weight excluding hydrogens is 502 g/mol. The summed E-state index contributed by atoms with van der Waals surface area (Å²) in [5.74, 6) is 4.58. The second-order valence-corrected chi connectivity index (χ2v) is 13.3. The van der Waals surface area contributed by atoms with Gasteiger partial charge in [-0.1, -0.05) is 6.07 Å². The first kappa shape index (κ1) is 26.9. The average molecular weight is 544 g/mol. The highest BCUT2D eigenvalue weighted by Gasteiger charge is 2.51. The van der Waals surface area contributed by atoms with Crippen LogP contribution in [0.25, 0.3) is 11.1 Å². The number of hydrogen-bond acceptors (Lipinski definition) is 6. The summed E-state index contributed by atoms with van der Waals surface area (Å²) in [5.41, 5.74) is 2.68. The molecule has 3 N–H and O–H groups in total. The van der Waals surface area contributed by atoms with Crippen molar-refractivity contribution in [2.45, 2.75) is 84.2 Å². The van der Waals surface area contributed by atoms with Crippen molar-refractivity contribution in [3.63, 3.8) is 0 Å². The normalized spacial score (nSPS) is 25.2. The third-order valence-electron chi connectivity index (χ3n) is 9.18. The van der Waals surface area contributed by atoms with E-state index in [-0.39, 0.29) is 11.7 Å². The highest BCUT2D eigenvalue weighted by Crippen LogP contribution is 2.60. The van der Waals surface area contributed by atoms with Gasteiger partial charge in [0.1, 0.15) is 17.4 Å². The van der Waals surface area contributed by atoms with Crippen LogP contribution < -0.4 is 10.1 Å². The van der Waals surface area contributed by atoms with Crippen LogP contribution in [0.5, 0.6) is 5.75 Å². The van der Waals surface area contributed by atoms with Crippen LogP contribution in [0.4, 0.5) is 5.82 Å². The lowest BCUT2D eigenvalue weighted by Crippen LogP contribution is -2.47. The van der Waals surface area contributed by atoms with E-state index in [0.29, 0.717) is 24.3 Å². The maximum Gasteiger partial charge on any atom is 0.294 e. The number of H-pyrrole nitrogens is 1. The molecule has 4 aliphatic carbocycles. The third-order valence-corrected chi connectivity index (χ3v) is 9.18. The molecule has 212 valence electrons. The summed E-state index contributed by atoms with van der Waals surface area (Å²) in [4.78, 5) is 20.6. The zero-order valence-corrected chi connectivity index (χ0v) is 23.9. The van der Waals surface area contributed by atoms with Crippen molar-refractivity contribution in [2.24, 2.45) is 23.2 Å². The van der Waals surface area contributed by atoms with Gasteiger partial charge in [0.05, 0.1) is 12.2 Å². The van der Waals surface area contributed by atoms with Crippen LogP contribution >= 0.6 is 0 Å². The van der Waals surface area contributed by atoms with Gasteiger partial charge in [0.15, 0.2) is 0 Å². The molecule has 0 spiro atoms. The number of aliphatic hydroxyl groups is 1. The monoisotopic (exact) mass is 543 g/mol. The first-order chi connectivity index (χ1) is 19.1. The van der Waals surface area contributed by atoms with Gasteiger partial charge in [-0.05, 0) is 136 Å². The maximum atomic E-state index is 13.1. The number of aromatic nitrogens is 4. The highest BCUT2D eigenvalue weighted by atomic mass is 16.5. The van der Waals surface area contributed by atoms with Gasteiger partial charge in [0.2, 0.25) is 5.82 Å². The van der Waals surface area contributed by atoms with Crippen LogP contribution in [0.3, 0.4) is 0 Å². The Balaban J connectivity index is 1.10. The van der Waals surface area contributed by atoms with Crippen LogP contribution in [0.2, 0.25) is 0 Å². The molecule has 40 heavy (non-hydrogen) atoms. The smallest absolute Gasteiger partial charge is 0.294 e. The second-order valence-electron chi connectivity index (χ2n) is 13.3. The molecule has 1 amide bonds. The lowest BCUT2D eigenvalue weighted by Gasteiger charge is -2.56. The molecule has 2 heterocycles. The van der Waals surface area contributed by atoms with Gasteiger partial charge in [0.25, 0.3) is 5.91 Å². The Morgan fingerprint density at radius 1 is 1.10 bits per heavy atom. The van der Waals surface area contributed by atoms with Crippen molar-refractivity contribution < 1.29 is 14.6 Å². The lowest BCUT2D eigenvalue weighted by atomic mass is 9.49. The zero-order valence-electron chi connectivity index (χ0n) is 23.9. The number of hydrogen-bond donors (Lipinski definition) is 3. The van der Waals surface area contributed by atoms with Crippen LogP contribution in [0, 0.1) is 30.1 Å². The molecule has 3 aromatic rings. The number of nitrogens with zero attached hydrogens (tertiary/aromatic N) is 3. The number of amides is 1. The Labute approximate surface area is 236 Å². The van der Waals surface area contributed by atoms with Gasteiger partial charge in [0, 0.05) is 12.6 Å². The summed E-state index contributed by atoms with van der Waals surface area (Å²) < 4.78 is 5.94. The van der Waals surface area contributed by atoms with Gasteiger partial charge in [-0.3, -0.25) is 4.79 Å². The molecule has 7 rings (SSSR count). The Morgan fingerprint density at radius 3 is 2.52 bits per heavy atom. The number of carbonyl (C=O) groups is 1. The van der Waals surface area contributed by atoms with Gasteiger partial charge < -0.3 is 20.1 Å². The predicted octanol–water partition coefficient (Wildman–Crippen LogP) is 6.12. The van der Waals surface area contributed by atoms with Crippen molar-refractivity contribution in [3.05, 3.63) is 53.7 Å². The van der Waals surface area contributed by atoms with Crippen molar-refractivity contribution in [2.75, 3.05) is 11.9 Å². The fourth-order valence-corrected chi connectivity index (χ4v) is 7.88. The number of nitrogens with one attached hydrogen (secondary N) is 2. The predicted molar refractivity (Wildman–Crippen MR) is 154 cm³/mol. The van der Waals surface area contributed by atoms with Crippen LogP contribution in [-0.2, 0) is 6.42 Å². The quantitative estimate of drug-likeness (QED) is 0.266. The number of benzene rings is 1. The Hall–Kier alpha value is -3.26. The Bertz CT molecular complexity index is 1340. The van der Waals surface area contributed by atoms with Crippen LogP contribution in [0.15, 0.2) is 36.5 Å². The molecule has 4 aliphatic rings. The Morgan fingerprint density at radius 2 is 1.82 bits per heavy atom. The van der Waals surface area contributed by atoms with Crippen molar-refractivity contribution >= 4 is 11.7 Å². The molecule has 0 radical (unpaired) electrons. The van der Waals surface area contributed by atoms with Crippen LogP contribution in [-0.4, -0.2) is 43.4 Å². The second kappa shape index (κ2) is 10.6. The molecule has 8 nitrogen and oxygen atoms in total. The summed E-state index contributed by atoms with van der Waals surface area (Å²) in [7, 11) is 0. The van der Waals surface area contributed by atoms with Gasteiger partial charge >= 0.3 is 0 Å². The van der Waals surface area contributed by atoms with E-state index in [1.165, 1.54) is 38.5 Å². The van der Waals surface area contributed by atoms with Gasteiger partial charge in [-0.2, -0.15) is 0 Å². The third kappa shape index (κ3) is 6.07. The first-order valence-electron chi connectivity index (χ1n) is 14.8. The number of ether oxygens (including phenoxy) is 1. The molecule has 8 heteroatoms. The highest BCUT2D eigenvalue weighted by molar-refractivity contribution is 6.01. The standard InChI is InChI=1S/C32H41N5O3/c1-20-5-6-25(40-10-4-8-31(2,3)39)15-26(20)24-7-9-33-27(14-24)35-30(38)29-34-28(36-37-29)19-32-16-21-11-22(17-32)13-23(12-21)18-32/h5-7,9,14-15,21-23,39H,4,8,10-13,16-19H2,1-3H3,(H,33,35,38)(H,34,36,37). The fourth-order valence-electron chi connectivity index (χ4n) is 7.88. The molecule has 4 saturated carbocycles. The lowest BCUT2D eigenvalue weighted by molar-refractivity contribution is -0.0531. The summed E-state index contributed by atoms with van der Waals surface area (Å²) in [5, 5.41) is 21.4. The fraction of sp³-hybridized carbons (Fsp3) is 0.562. The molecule has 2 aromatic heterocycles. The first-order valence-corrected chi connectivity index (χ1v) is 14.8. The summed E-state index contributed by atoms with van der Waals surface area (Å²) in [6.07, 6.45) is 12.2. The molecule has 1 aromatic carbocycles. The minimum atomic E-state index is -0.693. The number of carbonyl (C=O) groups excluding carboxylic acids is 1. The molecule has 4 bridgehead atoms. The molecule has 0 unspecified atom stereocenters. The average Bonchev–Trinajstić information content (AvgIpc) is 3.34. The van der Waals surface area contributed by atoms with E-state index < -0.39 is 5.60 Å². The van der Waals surface area contributed by atoms with E-state index in [2.05, 4.69) is 25.5 Å². The van der Waals surface area contributed by atoms with E-state index >= 15 is 0 Å². The van der Waals surface area contributed by atoms with Crippen molar-refractivity contribution in [1.82, 2.24) is 20.2 Å². The summed E-state index contributed by atoms with van der Waals surface area (Å²) in [6.45, 7) is 6.20. The molecule has 0 aliphatic heterocycles. The SMILES string of the molecule is Cc1ccc(OCCCC(C)(C)O)cc1-c1ccnc(NC(=O)c2nnc(CC34CC5CC(CC(C5)C3)C4)[nH]2)c1. The van der Waals surface area contributed by atoms with Gasteiger partial charge in [-0.15, -0.1) is 10.2 Å². The van der Waals surface area contributed by atoms with Crippen molar-refractivity contribution in [1.29, 1.82) is 0 Å². The van der Waals surface area contributed by atoms with Crippen molar-refractivity contribution in [3.8, 4) is 16.9 Å². The minimum Gasteiger partial charge on any atom is -0.494 e. The molecular formula is C32H41N5O3. The zero-order chi connectivity index (χ0) is 27.9. The number of anilines is 1. The molecule has 0 saturated heterocycles. The van der Waals surface area contributed by atoms with E-state index in [1.54, 1.807) is 6.20 Å². The Kier molecular flexibility index (Phi) is 7.15. The van der Waals surface area contributed by atoms with E-state index in [1.807, 2.05) is 51.1 Å². The molecule has 0 atom stereocenters. The van der Waals surface area contributed by atoms with E-state index in [9.17, 15) is 9.90 Å². The number of rotatable bonds is 10. The van der Waals surface area contributed by atoms with E-state index in [4.69, 9.17) is 4.74 Å². The van der Waals surface area contributed by atoms with Gasteiger partial charge in [-0.25, -0.2) is 4.98 Å². The number of pyridine rings is 1. The summed E-state index contributed by atoms with van der Waals surface area (Å²) >= 11 is 0.